The first kappa shape index (κ1) is 21.4. The van der Waals surface area contributed by atoms with Gasteiger partial charge in [0.25, 0.3) is 0 Å². The maximum atomic E-state index is 2.44. The van der Waals surface area contributed by atoms with E-state index >= 15 is 0 Å². The quantitative estimate of drug-likeness (QED) is 0.313. The van der Waals surface area contributed by atoms with E-state index in [0.717, 1.165) is 23.7 Å². The third kappa shape index (κ3) is 6.36. The smallest absolute Gasteiger partial charge is 0.0162 e. The maximum absolute atomic E-state index is 2.44. The molecule has 2 fully saturated rings. The molecule has 0 N–H and O–H groups in total. The zero-order valence-corrected chi connectivity index (χ0v) is 18.4. The monoisotopic (exact) mass is 378 g/mol. The number of rotatable bonds is 8. The third-order valence-corrected chi connectivity index (χ3v) is 7.46. The van der Waals surface area contributed by atoms with Crippen LogP contribution < -0.4 is 0 Å². The number of allylic oxidation sites excluding steroid dienone is 4. The molecular formula is C28H42. The van der Waals surface area contributed by atoms with E-state index in [1.807, 2.05) is 0 Å². The van der Waals surface area contributed by atoms with Gasteiger partial charge < -0.3 is 0 Å². The molecule has 0 saturated heterocycles. The summed E-state index contributed by atoms with van der Waals surface area (Å²) in [6, 6.07) is 9.68. The zero-order chi connectivity index (χ0) is 19.6. The molecule has 28 heavy (non-hydrogen) atoms. The predicted molar refractivity (Wildman–Crippen MR) is 124 cm³/mol. The van der Waals surface area contributed by atoms with Gasteiger partial charge in [0.15, 0.2) is 0 Å². The van der Waals surface area contributed by atoms with Gasteiger partial charge in [-0.15, -0.1) is 0 Å². The van der Waals surface area contributed by atoms with Gasteiger partial charge in [0, 0.05) is 0 Å². The van der Waals surface area contributed by atoms with E-state index in [4.69, 9.17) is 0 Å². The number of benzene rings is 1. The van der Waals surface area contributed by atoms with Crippen LogP contribution in [0.4, 0.5) is 0 Å². The molecule has 0 unspecified atom stereocenters. The van der Waals surface area contributed by atoms with Crippen molar-refractivity contribution in [3.63, 3.8) is 0 Å². The van der Waals surface area contributed by atoms with Crippen LogP contribution in [0.15, 0.2) is 48.6 Å². The van der Waals surface area contributed by atoms with Crippen LogP contribution >= 0.6 is 0 Å². The van der Waals surface area contributed by atoms with Gasteiger partial charge in [0.05, 0.1) is 0 Å². The average Bonchev–Trinajstić information content (AvgIpc) is 2.75. The van der Waals surface area contributed by atoms with Gasteiger partial charge in [-0.25, -0.2) is 0 Å². The highest BCUT2D eigenvalue weighted by Crippen LogP contribution is 2.44. The second kappa shape index (κ2) is 11.6. The highest BCUT2D eigenvalue weighted by atomic mass is 14.4. The Bertz CT molecular complexity index is 589. The normalized spacial score (nSPS) is 28.9. The number of hydrogen-bond donors (Lipinski definition) is 0. The van der Waals surface area contributed by atoms with Crippen molar-refractivity contribution in [3.8, 4) is 0 Å². The number of hydrogen-bond acceptors (Lipinski definition) is 0. The molecule has 0 amide bonds. The lowest BCUT2D eigenvalue weighted by Gasteiger charge is -2.37. The summed E-state index contributed by atoms with van der Waals surface area (Å²) in [7, 11) is 0. The van der Waals surface area contributed by atoms with Crippen molar-refractivity contribution < 1.29 is 0 Å². The lowest BCUT2D eigenvalue weighted by Crippen LogP contribution is -2.25. The molecule has 154 valence electrons. The SMILES string of the molecule is C/C=C/C=C/C1CCC(C2CCC(c3ccc(CCCCC)cc3)CC2)CC1. The molecule has 0 aromatic heterocycles. The second-order valence-corrected chi connectivity index (χ2v) is 9.40. The lowest BCUT2D eigenvalue weighted by atomic mass is 9.68. The van der Waals surface area contributed by atoms with Crippen LogP contribution in [0.1, 0.15) is 102 Å². The highest BCUT2D eigenvalue weighted by Gasteiger charge is 2.30. The Morgan fingerprint density at radius 3 is 2.04 bits per heavy atom. The first-order chi connectivity index (χ1) is 13.8. The summed E-state index contributed by atoms with van der Waals surface area (Å²) >= 11 is 0. The molecule has 1 aromatic carbocycles. The Labute approximate surface area is 174 Å². The Kier molecular flexibility index (Phi) is 8.90. The van der Waals surface area contributed by atoms with Gasteiger partial charge in [-0.3, -0.25) is 0 Å². The van der Waals surface area contributed by atoms with E-state index in [9.17, 15) is 0 Å². The van der Waals surface area contributed by atoms with Gasteiger partial charge in [-0.05, 0) is 106 Å². The van der Waals surface area contributed by atoms with Crippen molar-refractivity contribution in [3.05, 3.63) is 59.7 Å². The summed E-state index contributed by atoms with van der Waals surface area (Å²) in [6.07, 6.45) is 25.8. The standard InChI is InChI=1S/C28H42/c1-3-5-7-9-23-11-15-25(16-12-23)27-19-21-28(22-20-27)26-17-13-24(14-18-26)10-8-6-4-2/h3,5,7,9,13-14,17-18,23,25,27-28H,4,6,8,10-12,15-16,19-22H2,1-2H3/b5-3+,9-7+. The molecule has 2 aliphatic rings. The topological polar surface area (TPSA) is 0 Å². The summed E-state index contributed by atoms with van der Waals surface area (Å²) in [5, 5.41) is 0. The number of aryl methyl sites for hydroxylation is 1. The highest BCUT2D eigenvalue weighted by molar-refractivity contribution is 5.26. The minimum Gasteiger partial charge on any atom is -0.0877 e. The molecule has 2 aliphatic carbocycles. The Morgan fingerprint density at radius 1 is 0.786 bits per heavy atom. The summed E-state index contributed by atoms with van der Waals surface area (Å²) in [5.74, 6) is 3.67. The first-order valence-electron chi connectivity index (χ1n) is 12.2. The molecule has 0 bridgehead atoms. The van der Waals surface area contributed by atoms with Crippen molar-refractivity contribution in [2.75, 3.05) is 0 Å². The van der Waals surface area contributed by atoms with Crippen LogP contribution in [-0.2, 0) is 6.42 Å². The molecule has 0 radical (unpaired) electrons. The van der Waals surface area contributed by atoms with Crippen molar-refractivity contribution >= 4 is 0 Å². The van der Waals surface area contributed by atoms with E-state index in [-0.39, 0.29) is 0 Å². The van der Waals surface area contributed by atoms with Gasteiger partial charge in [0.2, 0.25) is 0 Å². The summed E-state index contributed by atoms with van der Waals surface area (Å²) in [6.45, 7) is 4.38. The van der Waals surface area contributed by atoms with E-state index in [1.54, 1.807) is 5.56 Å². The van der Waals surface area contributed by atoms with E-state index in [1.165, 1.54) is 82.6 Å². The summed E-state index contributed by atoms with van der Waals surface area (Å²) < 4.78 is 0. The maximum Gasteiger partial charge on any atom is -0.0162 e. The van der Waals surface area contributed by atoms with Crippen molar-refractivity contribution in [1.29, 1.82) is 0 Å². The molecule has 3 rings (SSSR count). The fourth-order valence-electron chi connectivity index (χ4n) is 5.60. The fourth-order valence-corrected chi connectivity index (χ4v) is 5.60. The van der Waals surface area contributed by atoms with Crippen LogP contribution in [0.3, 0.4) is 0 Å². The van der Waals surface area contributed by atoms with Gasteiger partial charge in [0.1, 0.15) is 0 Å². The Morgan fingerprint density at radius 2 is 1.43 bits per heavy atom. The minimum atomic E-state index is 0.820. The van der Waals surface area contributed by atoms with E-state index < -0.39 is 0 Å². The predicted octanol–water partition coefficient (Wildman–Crippen LogP) is 8.63. The second-order valence-electron chi connectivity index (χ2n) is 9.40. The largest absolute Gasteiger partial charge is 0.0877 e. The molecule has 1 aromatic rings. The van der Waals surface area contributed by atoms with Crippen LogP contribution in [0.2, 0.25) is 0 Å². The van der Waals surface area contributed by atoms with Crippen molar-refractivity contribution in [2.24, 2.45) is 17.8 Å². The van der Waals surface area contributed by atoms with E-state index in [0.29, 0.717) is 0 Å². The van der Waals surface area contributed by atoms with Crippen molar-refractivity contribution in [1.82, 2.24) is 0 Å². The van der Waals surface area contributed by atoms with Crippen LogP contribution in [0.25, 0.3) is 0 Å². The lowest BCUT2D eigenvalue weighted by molar-refractivity contribution is 0.171. The molecule has 0 nitrogen and oxygen atoms in total. The summed E-state index contributed by atoms with van der Waals surface area (Å²) in [5.41, 5.74) is 3.14. The van der Waals surface area contributed by atoms with Crippen LogP contribution in [-0.4, -0.2) is 0 Å². The molecular weight excluding hydrogens is 336 g/mol. The van der Waals surface area contributed by atoms with Gasteiger partial charge >= 0.3 is 0 Å². The molecule has 0 spiro atoms. The minimum absolute atomic E-state index is 0.820. The molecule has 0 atom stereocenters. The Hall–Kier alpha value is -1.30. The number of unbranched alkanes of at least 4 members (excludes halogenated alkanes) is 2. The van der Waals surface area contributed by atoms with Crippen LogP contribution in [0.5, 0.6) is 0 Å². The van der Waals surface area contributed by atoms with Crippen LogP contribution in [0, 0.1) is 17.8 Å². The molecule has 0 aliphatic heterocycles. The van der Waals surface area contributed by atoms with E-state index in [2.05, 4.69) is 62.4 Å². The summed E-state index contributed by atoms with van der Waals surface area (Å²) in [4.78, 5) is 0. The first-order valence-corrected chi connectivity index (χ1v) is 12.2. The van der Waals surface area contributed by atoms with Crippen molar-refractivity contribution in [2.45, 2.75) is 96.8 Å². The Balaban J connectivity index is 1.41. The molecule has 0 heteroatoms. The molecule has 0 heterocycles. The third-order valence-electron chi connectivity index (χ3n) is 7.46. The van der Waals surface area contributed by atoms with Gasteiger partial charge in [-0.1, -0.05) is 68.3 Å². The molecule has 2 saturated carbocycles. The fraction of sp³-hybridized carbons (Fsp3) is 0.643. The zero-order valence-electron chi connectivity index (χ0n) is 18.4. The average molecular weight is 379 g/mol. The van der Waals surface area contributed by atoms with Gasteiger partial charge in [-0.2, -0.15) is 0 Å².